The van der Waals surface area contributed by atoms with Crippen molar-refractivity contribution in [2.75, 3.05) is 13.1 Å². The van der Waals surface area contributed by atoms with Crippen LogP contribution in [0.5, 0.6) is 0 Å². The molecule has 2 N–H and O–H groups in total. The second-order valence-corrected chi connectivity index (χ2v) is 10.2. The number of sulfonamides is 1. The molecule has 0 radical (unpaired) electrons. The molecule has 178 valence electrons. The Bertz CT molecular complexity index is 1120. The zero-order chi connectivity index (χ0) is 24.2. The van der Waals surface area contributed by atoms with Crippen LogP contribution >= 0.6 is 11.6 Å². The van der Waals surface area contributed by atoms with Crippen molar-refractivity contribution in [3.63, 3.8) is 0 Å². The van der Waals surface area contributed by atoms with Crippen molar-refractivity contribution in [1.82, 2.24) is 14.9 Å². The van der Waals surface area contributed by atoms with Crippen LogP contribution in [-0.2, 0) is 26.0 Å². The lowest BCUT2D eigenvalue weighted by Gasteiger charge is -2.32. The fourth-order valence-electron chi connectivity index (χ4n) is 3.65. The summed E-state index contributed by atoms with van der Waals surface area (Å²) >= 11 is 5.83. The molecule has 2 aromatic carbocycles. The van der Waals surface area contributed by atoms with Gasteiger partial charge in [0.15, 0.2) is 11.6 Å². The quantitative estimate of drug-likeness (QED) is 0.612. The summed E-state index contributed by atoms with van der Waals surface area (Å²) in [7, 11) is -3.67. The van der Waals surface area contributed by atoms with Gasteiger partial charge in [-0.1, -0.05) is 17.7 Å². The number of rotatable bonds is 7. The summed E-state index contributed by atoms with van der Waals surface area (Å²) in [5.41, 5.74) is 0.353. The second kappa shape index (κ2) is 10.6. The molecule has 0 aromatic heterocycles. The topological polar surface area (TPSA) is 95.6 Å². The van der Waals surface area contributed by atoms with Crippen molar-refractivity contribution in [3.05, 3.63) is 64.7 Å². The summed E-state index contributed by atoms with van der Waals surface area (Å²) in [6, 6.07) is 7.93. The van der Waals surface area contributed by atoms with Crippen LogP contribution in [0.25, 0.3) is 0 Å². The second-order valence-electron chi connectivity index (χ2n) is 7.85. The molecule has 0 aliphatic carbocycles. The van der Waals surface area contributed by atoms with Gasteiger partial charge in [-0.15, -0.1) is 0 Å². The number of amides is 2. The van der Waals surface area contributed by atoms with Gasteiger partial charge < -0.3 is 10.6 Å². The molecule has 0 saturated carbocycles. The molecule has 1 aliphatic heterocycles. The molecule has 0 bridgehead atoms. The van der Waals surface area contributed by atoms with Gasteiger partial charge in [-0.3, -0.25) is 9.59 Å². The van der Waals surface area contributed by atoms with Crippen molar-refractivity contribution in [2.45, 2.75) is 43.2 Å². The molecule has 7 nitrogen and oxygen atoms in total. The Balaban J connectivity index is 1.61. The van der Waals surface area contributed by atoms with E-state index in [2.05, 4.69) is 10.6 Å². The van der Waals surface area contributed by atoms with Crippen LogP contribution in [0.4, 0.5) is 8.78 Å². The van der Waals surface area contributed by atoms with E-state index in [-0.39, 0.29) is 30.4 Å². The largest absolute Gasteiger partial charge is 0.351 e. The van der Waals surface area contributed by atoms with Crippen molar-refractivity contribution < 1.29 is 26.8 Å². The molecule has 2 amide bonds. The molecule has 11 heteroatoms. The monoisotopic (exact) mass is 499 g/mol. The van der Waals surface area contributed by atoms with Crippen LogP contribution in [-0.4, -0.2) is 49.7 Å². The fraction of sp³-hybridized carbons (Fsp3) is 0.364. The Kier molecular flexibility index (Phi) is 8.04. The fourth-order valence-corrected chi connectivity index (χ4v) is 5.25. The highest BCUT2D eigenvalue weighted by Gasteiger charge is 2.31. The highest BCUT2D eigenvalue weighted by molar-refractivity contribution is 7.89. The predicted molar refractivity (Wildman–Crippen MR) is 119 cm³/mol. The Morgan fingerprint density at radius 2 is 1.73 bits per heavy atom. The number of carbonyl (C=O) groups excluding carboxylic acids is 2. The van der Waals surface area contributed by atoms with Crippen molar-refractivity contribution in [3.8, 4) is 0 Å². The first-order valence-electron chi connectivity index (χ1n) is 10.3. The Labute approximate surface area is 196 Å². The standard InChI is InChI=1S/C22H24ClF2N3O4S/c1-14(29)26-21(13-15-2-7-19(24)20(25)12-15)22(30)27-17-8-10-28(11-9-17)33(31,32)18-5-3-16(23)4-6-18/h2-7,12,17,21H,8-11,13H2,1H3,(H,26,29)(H,27,30). The van der Waals surface area contributed by atoms with Gasteiger partial charge in [-0.05, 0) is 54.8 Å². The molecule has 3 rings (SSSR count). The number of carbonyl (C=O) groups is 2. The van der Waals surface area contributed by atoms with E-state index in [4.69, 9.17) is 11.6 Å². The first-order chi connectivity index (χ1) is 15.6. The van der Waals surface area contributed by atoms with Crippen molar-refractivity contribution in [2.24, 2.45) is 0 Å². The number of halogens is 3. The molecule has 1 saturated heterocycles. The van der Waals surface area contributed by atoms with Crippen LogP contribution in [0.15, 0.2) is 47.4 Å². The van der Waals surface area contributed by atoms with Gasteiger partial charge in [0.2, 0.25) is 21.8 Å². The lowest BCUT2D eigenvalue weighted by Crippen LogP contribution is -2.53. The van der Waals surface area contributed by atoms with Crippen LogP contribution in [0.2, 0.25) is 5.02 Å². The number of nitrogens with zero attached hydrogens (tertiary/aromatic N) is 1. The van der Waals surface area contributed by atoms with E-state index in [0.29, 0.717) is 23.4 Å². The maximum Gasteiger partial charge on any atom is 0.243 e. The highest BCUT2D eigenvalue weighted by atomic mass is 35.5. The minimum absolute atomic E-state index is 0.0214. The van der Waals surface area contributed by atoms with Gasteiger partial charge in [-0.2, -0.15) is 4.31 Å². The van der Waals surface area contributed by atoms with E-state index in [1.54, 1.807) is 0 Å². The summed E-state index contributed by atoms with van der Waals surface area (Å²) in [4.78, 5) is 24.5. The van der Waals surface area contributed by atoms with Gasteiger partial charge in [0, 0.05) is 37.5 Å². The van der Waals surface area contributed by atoms with E-state index in [1.165, 1.54) is 41.6 Å². The molecule has 1 fully saturated rings. The lowest BCUT2D eigenvalue weighted by atomic mass is 10.0. The normalized spacial score (nSPS) is 16.2. The van der Waals surface area contributed by atoms with Gasteiger partial charge in [0.05, 0.1) is 4.90 Å². The molecule has 1 aliphatic rings. The van der Waals surface area contributed by atoms with Crippen LogP contribution in [0.1, 0.15) is 25.3 Å². The molecule has 2 aromatic rings. The maximum absolute atomic E-state index is 13.5. The van der Waals surface area contributed by atoms with E-state index >= 15 is 0 Å². The Hall–Kier alpha value is -2.56. The summed E-state index contributed by atoms with van der Waals surface area (Å²) in [5.74, 6) is -2.96. The minimum atomic E-state index is -3.67. The zero-order valence-electron chi connectivity index (χ0n) is 17.9. The highest BCUT2D eigenvalue weighted by Crippen LogP contribution is 2.22. The molecule has 1 unspecified atom stereocenters. The predicted octanol–water partition coefficient (Wildman–Crippen LogP) is 2.63. The molecule has 1 atom stereocenters. The molecule has 1 heterocycles. The number of piperidine rings is 1. The van der Waals surface area contributed by atoms with Gasteiger partial charge >= 0.3 is 0 Å². The summed E-state index contributed by atoms with van der Waals surface area (Å²) in [6.45, 7) is 1.68. The maximum atomic E-state index is 13.5. The molecule has 0 spiro atoms. The van der Waals surface area contributed by atoms with Crippen LogP contribution in [0.3, 0.4) is 0 Å². The Morgan fingerprint density at radius 3 is 2.30 bits per heavy atom. The third-order valence-electron chi connectivity index (χ3n) is 5.37. The third kappa shape index (κ3) is 6.49. The van der Waals surface area contributed by atoms with E-state index in [1.807, 2.05) is 0 Å². The number of hydrogen-bond donors (Lipinski definition) is 2. The van der Waals surface area contributed by atoms with E-state index < -0.39 is 39.5 Å². The van der Waals surface area contributed by atoms with Crippen LogP contribution < -0.4 is 10.6 Å². The van der Waals surface area contributed by atoms with E-state index in [0.717, 1.165) is 12.1 Å². The third-order valence-corrected chi connectivity index (χ3v) is 7.53. The summed E-state index contributed by atoms with van der Waals surface area (Å²) in [6.07, 6.45) is 0.749. The minimum Gasteiger partial charge on any atom is -0.351 e. The number of benzene rings is 2. The average molecular weight is 500 g/mol. The number of nitrogens with one attached hydrogen (secondary N) is 2. The zero-order valence-corrected chi connectivity index (χ0v) is 19.4. The van der Waals surface area contributed by atoms with E-state index in [9.17, 15) is 26.8 Å². The molecular weight excluding hydrogens is 476 g/mol. The van der Waals surface area contributed by atoms with Gasteiger partial charge in [-0.25, -0.2) is 17.2 Å². The van der Waals surface area contributed by atoms with Crippen molar-refractivity contribution >= 4 is 33.4 Å². The SMILES string of the molecule is CC(=O)NC(Cc1ccc(F)c(F)c1)C(=O)NC1CCN(S(=O)(=O)c2ccc(Cl)cc2)CC1. The van der Waals surface area contributed by atoms with Gasteiger partial charge in [0.25, 0.3) is 0 Å². The molecular formula is C22H24ClF2N3O4S. The smallest absolute Gasteiger partial charge is 0.243 e. The summed E-state index contributed by atoms with van der Waals surface area (Å²) < 4.78 is 53.7. The first kappa shape index (κ1) is 25.1. The Morgan fingerprint density at radius 1 is 1.09 bits per heavy atom. The van der Waals surface area contributed by atoms with Crippen LogP contribution in [0, 0.1) is 11.6 Å². The van der Waals surface area contributed by atoms with Gasteiger partial charge in [0.1, 0.15) is 6.04 Å². The lowest BCUT2D eigenvalue weighted by molar-refractivity contribution is -0.128. The van der Waals surface area contributed by atoms with Crippen molar-refractivity contribution in [1.29, 1.82) is 0 Å². The molecule has 33 heavy (non-hydrogen) atoms. The first-order valence-corrected chi connectivity index (χ1v) is 12.1. The summed E-state index contributed by atoms with van der Waals surface area (Å²) in [5, 5.41) is 5.79. The number of hydrogen-bond acceptors (Lipinski definition) is 4. The average Bonchev–Trinajstić information content (AvgIpc) is 2.76.